The Morgan fingerprint density at radius 2 is 2.00 bits per heavy atom. The lowest BCUT2D eigenvalue weighted by Gasteiger charge is -2.34. The van der Waals surface area contributed by atoms with Crippen LogP contribution in [0.25, 0.3) is 0 Å². The van der Waals surface area contributed by atoms with Gasteiger partial charge >= 0.3 is 0 Å². The van der Waals surface area contributed by atoms with Gasteiger partial charge in [-0.05, 0) is 31.4 Å². The van der Waals surface area contributed by atoms with Crippen molar-refractivity contribution in [1.82, 2.24) is 15.0 Å². The summed E-state index contributed by atoms with van der Waals surface area (Å²) in [6, 6.07) is 1.41. The van der Waals surface area contributed by atoms with E-state index in [1.165, 1.54) is 11.4 Å². The molecule has 1 amide bonds. The molecule has 2 aliphatic heterocycles. The second kappa shape index (κ2) is 10.4. The van der Waals surface area contributed by atoms with Crippen molar-refractivity contribution in [2.24, 2.45) is 10.9 Å². The average Bonchev–Trinajstić information content (AvgIpc) is 3.23. The Hall–Kier alpha value is -2.94. The lowest BCUT2D eigenvalue weighted by Crippen LogP contribution is -2.44. The maximum atomic E-state index is 13.8. The third-order valence-electron chi connectivity index (χ3n) is 5.31. The molecule has 0 aliphatic carbocycles. The van der Waals surface area contributed by atoms with Gasteiger partial charge < -0.3 is 4.90 Å². The fraction of sp³-hybridized carbons (Fsp3) is 0.455. The number of allylic oxidation sites excluding steroid dienone is 3. The standard InChI is InChI=1S/C22H27F2N5O2/c1-15(10-18(24)11-16(2)23)20-6-9-31-29(20)22(30)17-4-7-28(8-5-17)21-12-19(13-25-3)26-14-27-21/h10-14,17,20H,1,4-9H2,2-3H3/b16-11+,18-10+,25-13?/t20-/m0/s1. The number of amides is 1. The number of carbonyl (C=O) groups is 1. The third-order valence-corrected chi connectivity index (χ3v) is 5.31. The molecule has 2 fully saturated rings. The molecular weight excluding hydrogens is 404 g/mol. The van der Waals surface area contributed by atoms with Crippen molar-refractivity contribution in [3.63, 3.8) is 0 Å². The topological polar surface area (TPSA) is 70.9 Å². The number of piperidine rings is 1. The lowest BCUT2D eigenvalue weighted by atomic mass is 9.94. The molecule has 0 spiro atoms. The Labute approximate surface area is 180 Å². The molecular formula is C22H27F2N5O2. The predicted octanol–water partition coefficient (Wildman–Crippen LogP) is 3.56. The van der Waals surface area contributed by atoms with Crippen molar-refractivity contribution in [2.75, 3.05) is 31.6 Å². The van der Waals surface area contributed by atoms with Crippen molar-refractivity contribution in [3.8, 4) is 0 Å². The molecule has 7 nitrogen and oxygen atoms in total. The van der Waals surface area contributed by atoms with Crippen LogP contribution in [0.3, 0.4) is 0 Å². The zero-order chi connectivity index (χ0) is 22.4. The number of aliphatic imine (C=N–C) groups is 1. The monoisotopic (exact) mass is 431 g/mol. The number of halogens is 2. The van der Waals surface area contributed by atoms with Gasteiger partial charge in [-0.3, -0.25) is 14.6 Å². The number of rotatable bonds is 6. The summed E-state index contributed by atoms with van der Waals surface area (Å²) in [6.45, 7) is 6.72. The second-order valence-electron chi connectivity index (χ2n) is 7.59. The molecule has 166 valence electrons. The molecule has 2 saturated heterocycles. The summed E-state index contributed by atoms with van der Waals surface area (Å²) in [7, 11) is 1.68. The zero-order valence-corrected chi connectivity index (χ0v) is 17.8. The maximum absolute atomic E-state index is 13.8. The molecule has 0 saturated carbocycles. The molecule has 1 aromatic heterocycles. The van der Waals surface area contributed by atoms with Gasteiger partial charge in [-0.2, -0.15) is 0 Å². The second-order valence-corrected chi connectivity index (χ2v) is 7.59. The van der Waals surface area contributed by atoms with Crippen molar-refractivity contribution < 1.29 is 18.4 Å². The minimum atomic E-state index is -0.741. The Kier molecular flexibility index (Phi) is 7.62. The third kappa shape index (κ3) is 5.81. The highest BCUT2D eigenvalue weighted by atomic mass is 19.1. The highest BCUT2D eigenvalue weighted by Gasteiger charge is 2.37. The molecule has 0 N–H and O–H groups in total. The van der Waals surface area contributed by atoms with E-state index in [0.29, 0.717) is 44.5 Å². The number of nitrogens with zero attached hydrogens (tertiary/aromatic N) is 5. The summed E-state index contributed by atoms with van der Waals surface area (Å²) in [6.07, 6.45) is 6.92. The van der Waals surface area contributed by atoms with E-state index in [-0.39, 0.29) is 11.8 Å². The smallest absolute Gasteiger partial charge is 0.249 e. The minimum Gasteiger partial charge on any atom is -0.356 e. The normalized spacial score (nSPS) is 21.2. The largest absolute Gasteiger partial charge is 0.356 e. The van der Waals surface area contributed by atoms with Crippen LogP contribution in [0.15, 0.2) is 53.3 Å². The number of aromatic nitrogens is 2. The van der Waals surface area contributed by atoms with Gasteiger partial charge in [-0.1, -0.05) is 6.58 Å². The highest BCUT2D eigenvalue weighted by molar-refractivity contribution is 5.79. The summed E-state index contributed by atoms with van der Waals surface area (Å²) < 4.78 is 26.7. The molecule has 3 heterocycles. The van der Waals surface area contributed by atoms with E-state index >= 15 is 0 Å². The van der Waals surface area contributed by atoms with Crippen LogP contribution < -0.4 is 4.90 Å². The van der Waals surface area contributed by atoms with E-state index in [1.54, 1.807) is 13.3 Å². The molecule has 0 radical (unpaired) electrons. The van der Waals surface area contributed by atoms with Crippen LogP contribution >= 0.6 is 0 Å². The molecule has 2 aliphatic rings. The Balaban J connectivity index is 1.61. The quantitative estimate of drug-likeness (QED) is 0.509. The maximum Gasteiger partial charge on any atom is 0.249 e. The van der Waals surface area contributed by atoms with E-state index in [4.69, 9.17) is 4.84 Å². The Morgan fingerprint density at radius 1 is 1.26 bits per heavy atom. The molecule has 0 bridgehead atoms. The van der Waals surface area contributed by atoms with Gasteiger partial charge in [-0.15, -0.1) is 0 Å². The molecule has 0 unspecified atom stereocenters. The Morgan fingerprint density at radius 3 is 2.68 bits per heavy atom. The van der Waals surface area contributed by atoms with Gasteiger partial charge in [0.2, 0.25) is 5.91 Å². The van der Waals surface area contributed by atoms with E-state index in [2.05, 4.69) is 26.4 Å². The summed E-state index contributed by atoms with van der Waals surface area (Å²) in [4.78, 5) is 33.2. The molecule has 3 rings (SSSR count). The lowest BCUT2D eigenvalue weighted by molar-refractivity contribution is -0.179. The van der Waals surface area contributed by atoms with Gasteiger partial charge in [-0.25, -0.2) is 23.8 Å². The van der Waals surface area contributed by atoms with E-state index in [1.807, 2.05) is 6.07 Å². The first-order chi connectivity index (χ1) is 14.9. The van der Waals surface area contributed by atoms with Crippen LogP contribution in [0.4, 0.5) is 14.6 Å². The summed E-state index contributed by atoms with van der Waals surface area (Å²) in [5, 5.41) is 1.32. The first kappa shape index (κ1) is 22.7. The van der Waals surface area contributed by atoms with Crippen LogP contribution in [-0.2, 0) is 9.63 Å². The molecule has 1 atom stereocenters. The van der Waals surface area contributed by atoms with Crippen LogP contribution in [0.1, 0.15) is 31.9 Å². The minimum absolute atomic E-state index is 0.129. The van der Waals surface area contributed by atoms with E-state index in [9.17, 15) is 13.6 Å². The van der Waals surface area contributed by atoms with Gasteiger partial charge in [0.25, 0.3) is 0 Å². The Bertz CT molecular complexity index is 903. The van der Waals surface area contributed by atoms with Crippen LogP contribution in [0, 0.1) is 5.92 Å². The van der Waals surface area contributed by atoms with Crippen LogP contribution in [-0.4, -0.2) is 59.9 Å². The van der Waals surface area contributed by atoms with Crippen molar-refractivity contribution >= 4 is 17.9 Å². The summed E-state index contributed by atoms with van der Waals surface area (Å²) in [5.74, 6) is -0.909. The number of hydrogen-bond acceptors (Lipinski definition) is 6. The molecule has 31 heavy (non-hydrogen) atoms. The van der Waals surface area contributed by atoms with Gasteiger partial charge in [0.1, 0.15) is 18.0 Å². The van der Waals surface area contributed by atoms with Crippen molar-refractivity contribution in [3.05, 3.63) is 54.0 Å². The van der Waals surface area contributed by atoms with E-state index in [0.717, 1.165) is 30.6 Å². The number of hydrogen-bond donors (Lipinski definition) is 0. The number of anilines is 1. The number of carbonyl (C=O) groups excluding carboxylic acids is 1. The van der Waals surface area contributed by atoms with Crippen LogP contribution in [0.5, 0.6) is 0 Å². The predicted molar refractivity (Wildman–Crippen MR) is 115 cm³/mol. The molecule has 0 aromatic carbocycles. The average molecular weight is 431 g/mol. The van der Waals surface area contributed by atoms with Gasteiger partial charge in [0.05, 0.1) is 24.2 Å². The van der Waals surface area contributed by atoms with Crippen molar-refractivity contribution in [2.45, 2.75) is 32.2 Å². The summed E-state index contributed by atoms with van der Waals surface area (Å²) in [5.41, 5.74) is 1.11. The fourth-order valence-electron chi connectivity index (χ4n) is 3.80. The molecule has 9 heteroatoms. The zero-order valence-electron chi connectivity index (χ0n) is 17.8. The number of hydroxylamine groups is 2. The van der Waals surface area contributed by atoms with Gasteiger partial charge in [0, 0.05) is 50.8 Å². The highest BCUT2D eigenvalue weighted by Crippen LogP contribution is 2.29. The van der Waals surface area contributed by atoms with Crippen molar-refractivity contribution in [1.29, 1.82) is 0 Å². The fourth-order valence-corrected chi connectivity index (χ4v) is 3.80. The van der Waals surface area contributed by atoms with Crippen LogP contribution in [0.2, 0.25) is 0 Å². The SMILES string of the molecule is C=C(/C=C(F)\C=C(/C)F)[C@@H]1CCON1C(=O)C1CCN(c2cc(C=NC)ncn2)CC1. The molecule has 1 aromatic rings. The van der Waals surface area contributed by atoms with E-state index < -0.39 is 17.7 Å². The first-order valence-electron chi connectivity index (χ1n) is 10.2. The first-order valence-corrected chi connectivity index (χ1v) is 10.2. The summed E-state index contributed by atoms with van der Waals surface area (Å²) >= 11 is 0. The van der Waals surface area contributed by atoms with Gasteiger partial charge in [0.15, 0.2) is 0 Å².